The average Bonchev–Trinajstić information content (AvgIpc) is 2.92. The van der Waals surface area contributed by atoms with Crippen LogP contribution in [0.5, 0.6) is 0 Å². The Morgan fingerprint density at radius 3 is 2.78 bits per heavy atom. The van der Waals surface area contributed by atoms with Gasteiger partial charge < -0.3 is 15.6 Å². The van der Waals surface area contributed by atoms with Gasteiger partial charge in [-0.05, 0) is 36.8 Å². The summed E-state index contributed by atoms with van der Waals surface area (Å²) >= 11 is 0. The molecule has 3 aromatic rings. The lowest BCUT2D eigenvalue weighted by Crippen LogP contribution is -2.18. The number of carbonyl (C=O) groups excluding carboxylic acids is 1. The molecule has 1 aromatic heterocycles. The molecule has 0 spiro atoms. The number of hydrogen-bond donors (Lipinski definition) is 2. The van der Waals surface area contributed by atoms with Crippen molar-refractivity contribution in [3.8, 4) is 0 Å². The molecule has 0 fully saturated rings. The van der Waals surface area contributed by atoms with E-state index in [1.54, 1.807) is 0 Å². The number of amides is 1. The summed E-state index contributed by atoms with van der Waals surface area (Å²) in [6, 6.07) is 15.3. The van der Waals surface area contributed by atoms with Gasteiger partial charge in [0.2, 0.25) is 5.91 Å². The number of nitrogens with zero attached hydrogens (tertiary/aromatic N) is 2. The van der Waals surface area contributed by atoms with E-state index in [2.05, 4.69) is 22.9 Å². The van der Waals surface area contributed by atoms with Crippen molar-refractivity contribution >= 4 is 22.6 Å². The minimum absolute atomic E-state index is 0.100. The van der Waals surface area contributed by atoms with E-state index in [0.29, 0.717) is 0 Å². The number of imidazole rings is 1. The Bertz CT molecular complexity index is 853. The Labute approximate surface area is 135 Å². The first-order chi connectivity index (χ1) is 11.1. The van der Waals surface area contributed by atoms with Gasteiger partial charge in [-0.2, -0.15) is 0 Å². The highest BCUT2D eigenvalue weighted by Crippen LogP contribution is 2.25. The van der Waals surface area contributed by atoms with Gasteiger partial charge in [0.1, 0.15) is 5.82 Å². The van der Waals surface area contributed by atoms with Crippen LogP contribution in [0.4, 0.5) is 5.69 Å². The zero-order valence-corrected chi connectivity index (χ0v) is 13.3. The lowest BCUT2D eigenvalue weighted by Gasteiger charge is -2.15. The molecular weight excluding hydrogens is 288 g/mol. The molecule has 0 bridgehead atoms. The summed E-state index contributed by atoms with van der Waals surface area (Å²) in [5.41, 5.74) is 10.1. The van der Waals surface area contributed by atoms with Gasteiger partial charge in [0.25, 0.3) is 0 Å². The summed E-state index contributed by atoms with van der Waals surface area (Å²) in [4.78, 5) is 15.9. The van der Waals surface area contributed by atoms with Crippen molar-refractivity contribution in [3.05, 3.63) is 59.9 Å². The molecule has 1 amide bonds. The quantitative estimate of drug-likeness (QED) is 0.778. The second-order valence-electron chi connectivity index (χ2n) is 5.49. The van der Waals surface area contributed by atoms with Crippen LogP contribution in [0.2, 0.25) is 0 Å². The third-order valence-electron chi connectivity index (χ3n) is 3.84. The van der Waals surface area contributed by atoms with Gasteiger partial charge in [0.05, 0.1) is 17.1 Å². The highest BCUT2D eigenvalue weighted by Gasteiger charge is 2.18. The van der Waals surface area contributed by atoms with Crippen molar-refractivity contribution in [3.63, 3.8) is 0 Å². The molecule has 1 atom stereocenters. The van der Waals surface area contributed by atoms with Crippen LogP contribution >= 0.6 is 0 Å². The number of para-hydroxylation sites is 2. The maximum absolute atomic E-state index is 11.2. The number of nitrogens with two attached hydrogens (primary N) is 1. The van der Waals surface area contributed by atoms with Crippen LogP contribution in [0.25, 0.3) is 11.0 Å². The second-order valence-corrected chi connectivity index (χ2v) is 5.49. The highest BCUT2D eigenvalue weighted by atomic mass is 16.1. The van der Waals surface area contributed by atoms with Crippen molar-refractivity contribution in [2.24, 2.45) is 5.73 Å². The normalized spacial score (nSPS) is 12.3. The van der Waals surface area contributed by atoms with Crippen LogP contribution < -0.4 is 11.1 Å². The Hall–Kier alpha value is -2.66. The lowest BCUT2D eigenvalue weighted by atomic mass is 10.1. The van der Waals surface area contributed by atoms with Crippen molar-refractivity contribution < 1.29 is 4.79 Å². The molecule has 3 rings (SSSR count). The third-order valence-corrected chi connectivity index (χ3v) is 3.84. The zero-order chi connectivity index (χ0) is 16.4. The molecule has 0 aliphatic carbocycles. The van der Waals surface area contributed by atoms with Crippen LogP contribution in [0.3, 0.4) is 0 Å². The predicted octanol–water partition coefficient (Wildman–Crippen LogP) is 3.06. The van der Waals surface area contributed by atoms with E-state index < -0.39 is 0 Å². The molecule has 118 valence electrons. The van der Waals surface area contributed by atoms with E-state index in [0.717, 1.165) is 34.7 Å². The van der Waals surface area contributed by atoms with E-state index in [1.807, 2.05) is 42.5 Å². The summed E-state index contributed by atoms with van der Waals surface area (Å²) in [5, 5.41) is 2.78. The number of rotatable bonds is 4. The first-order valence-corrected chi connectivity index (χ1v) is 7.68. The predicted molar refractivity (Wildman–Crippen MR) is 92.2 cm³/mol. The molecule has 0 aliphatic heterocycles. The van der Waals surface area contributed by atoms with Gasteiger partial charge in [0, 0.05) is 19.2 Å². The van der Waals surface area contributed by atoms with Crippen LogP contribution in [-0.2, 0) is 11.3 Å². The lowest BCUT2D eigenvalue weighted by molar-refractivity contribution is -0.114. The van der Waals surface area contributed by atoms with Gasteiger partial charge in [-0.15, -0.1) is 0 Å². The summed E-state index contributed by atoms with van der Waals surface area (Å²) < 4.78 is 2.13. The second kappa shape index (κ2) is 6.22. The van der Waals surface area contributed by atoms with E-state index in [4.69, 9.17) is 10.7 Å². The summed E-state index contributed by atoms with van der Waals surface area (Å²) in [5.74, 6) is 0.727. The standard InChI is InChI=1S/C18H20N4O/c1-3-22-16-10-5-4-9-15(16)21-18(22)17(19)13-7-6-8-14(11-13)20-12(2)23/h4-11,17H,3,19H2,1-2H3,(H,20,23). The summed E-state index contributed by atoms with van der Waals surface area (Å²) in [7, 11) is 0. The molecule has 1 unspecified atom stereocenters. The van der Waals surface area contributed by atoms with Crippen molar-refractivity contribution in [2.45, 2.75) is 26.4 Å². The Morgan fingerprint density at radius 1 is 1.26 bits per heavy atom. The van der Waals surface area contributed by atoms with Gasteiger partial charge in [-0.1, -0.05) is 24.3 Å². The maximum Gasteiger partial charge on any atom is 0.221 e. The Balaban J connectivity index is 2.03. The topological polar surface area (TPSA) is 72.9 Å². The van der Waals surface area contributed by atoms with Crippen molar-refractivity contribution in [1.82, 2.24) is 9.55 Å². The first kappa shape index (κ1) is 15.2. The van der Waals surface area contributed by atoms with Crippen LogP contribution in [0.15, 0.2) is 48.5 Å². The number of carbonyl (C=O) groups is 1. The van der Waals surface area contributed by atoms with Gasteiger partial charge >= 0.3 is 0 Å². The molecule has 0 aliphatic rings. The zero-order valence-electron chi connectivity index (χ0n) is 13.3. The fourth-order valence-electron chi connectivity index (χ4n) is 2.83. The monoisotopic (exact) mass is 308 g/mol. The highest BCUT2D eigenvalue weighted by molar-refractivity contribution is 5.88. The Morgan fingerprint density at radius 2 is 2.04 bits per heavy atom. The van der Waals surface area contributed by atoms with Crippen molar-refractivity contribution in [1.29, 1.82) is 0 Å². The molecule has 23 heavy (non-hydrogen) atoms. The molecule has 3 N–H and O–H groups in total. The molecule has 5 heteroatoms. The minimum Gasteiger partial charge on any atom is -0.327 e. The molecule has 2 aromatic carbocycles. The smallest absolute Gasteiger partial charge is 0.221 e. The minimum atomic E-state index is -0.351. The van der Waals surface area contributed by atoms with Crippen LogP contribution in [0, 0.1) is 0 Å². The van der Waals surface area contributed by atoms with E-state index in [-0.39, 0.29) is 11.9 Å². The average molecular weight is 308 g/mol. The molecular formula is C18H20N4O. The van der Waals surface area contributed by atoms with Gasteiger partial charge in [-0.3, -0.25) is 4.79 Å². The number of hydrogen-bond acceptors (Lipinski definition) is 3. The number of fused-ring (bicyclic) bond motifs is 1. The van der Waals surface area contributed by atoms with Gasteiger partial charge in [0.15, 0.2) is 0 Å². The van der Waals surface area contributed by atoms with E-state index in [9.17, 15) is 4.79 Å². The summed E-state index contributed by atoms with van der Waals surface area (Å²) in [6.45, 7) is 4.37. The van der Waals surface area contributed by atoms with E-state index in [1.165, 1.54) is 6.92 Å². The number of anilines is 1. The molecule has 1 heterocycles. The molecule has 5 nitrogen and oxygen atoms in total. The first-order valence-electron chi connectivity index (χ1n) is 7.68. The Kier molecular flexibility index (Phi) is 4.12. The number of nitrogens with one attached hydrogen (secondary N) is 1. The largest absolute Gasteiger partial charge is 0.327 e. The van der Waals surface area contributed by atoms with Crippen LogP contribution in [-0.4, -0.2) is 15.5 Å². The molecule has 0 saturated heterocycles. The maximum atomic E-state index is 11.2. The third kappa shape index (κ3) is 2.96. The molecule has 0 saturated carbocycles. The fourth-order valence-corrected chi connectivity index (χ4v) is 2.83. The van der Waals surface area contributed by atoms with Crippen LogP contribution in [0.1, 0.15) is 31.3 Å². The fraction of sp³-hybridized carbons (Fsp3) is 0.222. The van der Waals surface area contributed by atoms with E-state index >= 15 is 0 Å². The number of benzene rings is 2. The van der Waals surface area contributed by atoms with Crippen molar-refractivity contribution in [2.75, 3.05) is 5.32 Å². The number of aromatic nitrogens is 2. The number of aryl methyl sites for hydroxylation is 1. The SMILES string of the molecule is CCn1c(C(N)c2cccc(NC(C)=O)c2)nc2ccccc21. The van der Waals surface area contributed by atoms with Gasteiger partial charge in [-0.25, -0.2) is 4.98 Å². The molecule has 0 radical (unpaired) electrons. The summed E-state index contributed by atoms with van der Waals surface area (Å²) in [6.07, 6.45) is 0.